The highest BCUT2D eigenvalue weighted by Crippen LogP contribution is 2.19. The van der Waals surface area contributed by atoms with Gasteiger partial charge in [0.15, 0.2) is 0 Å². The third kappa shape index (κ3) is 3.95. The fourth-order valence-electron chi connectivity index (χ4n) is 2.76. The molecule has 1 fully saturated rings. The van der Waals surface area contributed by atoms with E-state index in [9.17, 15) is 4.79 Å². The van der Waals surface area contributed by atoms with Crippen LogP contribution in [0.3, 0.4) is 0 Å². The first-order chi connectivity index (χ1) is 10.2. The molecule has 0 atom stereocenters. The minimum absolute atomic E-state index is 0.0916. The highest BCUT2D eigenvalue weighted by molar-refractivity contribution is 5.99. The summed E-state index contributed by atoms with van der Waals surface area (Å²) in [5.41, 5.74) is 2.71. The first-order valence-electron chi connectivity index (χ1n) is 7.56. The van der Waals surface area contributed by atoms with E-state index < -0.39 is 0 Å². The van der Waals surface area contributed by atoms with E-state index in [2.05, 4.69) is 10.2 Å². The van der Waals surface area contributed by atoms with Crippen LogP contribution in [0.1, 0.15) is 22.3 Å². The van der Waals surface area contributed by atoms with Crippen molar-refractivity contribution < 1.29 is 9.90 Å². The molecule has 0 unspecified atom stereocenters. The van der Waals surface area contributed by atoms with Crippen molar-refractivity contribution >= 4 is 11.6 Å². The summed E-state index contributed by atoms with van der Waals surface area (Å²) < 4.78 is 0. The molecule has 0 aromatic heterocycles. The van der Waals surface area contributed by atoms with E-state index in [-0.39, 0.29) is 12.5 Å². The average Bonchev–Trinajstić information content (AvgIpc) is 2.72. The molecular weight excluding hydrogens is 266 g/mol. The van der Waals surface area contributed by atoms with Gasteiger partial charge in [-0.3, -0.25) is 9.69 Å². The monoisotopic (exact) mass is 291 g/mol. The van der Waals surface area contributed by atoms with Crippen LogP contribution in [0.4, 0.5) is 5.69 Å². The van der Waals surface area contributed by atoms with Gasteiger partial charge in [-0.15, -0.1) is 0 Å². The molecule has 5 nitrogen and oxygen atoms in total. The molecule has 1 saturated heterocycles. The fraction of sp³-hybridized carbons (Fsp3) is 0.562. The zero-order chi connectivity index (χ0) is 15.2. The van der Waals surface area contributed by atoms with Crippen molar-refractivity contribution in [2.75, 3.05) is 51.7 Å². The topological polar surface area (TPSA) is 55.8 Å². The second kappa shape index (κ2) is 7.43. The molecule has 2 rings (SSSR count). The van der Waals surface area contributed by atoms with E-state index in [1.54, 1.807) is 0 Å². The normalized spacial score (nSPS) is 16.6. The Hall–Kier alpha value is -1.59. The molecule has 2 N–H and O–H groups in total. The predicted molar refractivity (Wildman–Crippen MR) is 84.8 cm³/mol. The van der Waals surface area contributed by atoms with E-state index in [0.29, 0.717) is 6.54 Å². The Morgan fingerprint density at radius 1 is 1.29 bits per heavy atom. The maximum atomic E-state index is 12.8. The molecule has 0 bridgehead atoms. The number of aliphatic hydroxyl groups excluding tert-OH is 1. The smallest absolute Gasteiger partial charge is 0.256 e. The molecule has 0 saturated carbocycles. The summed E-state index contributed by atoms with van der Waals surface area (Å²) in [6.45, 7) is 6.13. The van der Waals surface area contributed by atoms with Crippen LogP contribution in [0.15, 0.2) is 18.2 Å². The number of hydrogen-bond acceptors (Lipinski definition) is 4. The summed E-state index contributed by atoms with van der Waals surface area (Å²) in [4.78, 5) is 16.9. The third-order valence-electron chi connectivity index (χ3n) is 3.97. The summed E-state index contributed by atoms with van der Waals surface area (Å²) >= 11 is 0. The molecule has 5 heteroatoms. The number of carbonyl (C=O) groups is 1. The van der Waals surface area contributed by atoms with Crippen LogP contribution in [0, 0.1) is 6.92 Å². The lowest BCUT2D eigenvalue weighted by Crippen LogP contribution is -2.36. The zero-order valence-electron chi connectivity index (χ0n) is 12.9. The maximum absolute atomic E-state index is 12.8. The maximum Gasteiger partial charge on any atom is 0.256 e. The van der Waals surface area contributed by atoms with Crippen molar-refractivity contribution in [3.63, 3.8) is 0 Å². The molecule has 1 amide bonds. The van der Waals surface area contributed by atoms with Crippen LogP contribution >= 0.6 is 0 Å². The number of amides is 1. The summed E-state index contributed by atoms with van der Waals surface area (Å²) in [6.07, 6.45) is 0.951. The molecule has 1 aliphatic rings. The van der Waals surface area contributed by atoms with E-state index >= 15 is 0 Å². The van der Waals surface area contributed by atoms with Crippen molar-refractivity contribution in [1.29, 1.82) is 0 Å². The third-order valence-corrected chi connectivity index (χ3v) is 3.97. The Morgan fingerprint density at radius 2 is 2.10 bits per heavy atom. The van der Waals surface area contributed by atoms with Crippen LogP contribution in [-0.4, -0.2) is 67.2 Å². The number of benzene rings is 1. The quantitative estimate of drug-likeness (QED) is 0.874. The van der Waals surface area contributed by atoms with Crippen LogP contribution < -0.4 is 5.32 Å². The fourth-order valence-corrected chi connectivity index (χ4v) is 2.76. The molecule has 1 aromatic carbocycles. The van der Waals surface area contributed by atoms with Gasteiger partial charge in [0.25, 0.3) is 5.91 Å². The van der Waals surface area contributed by atoms with Gasteiger partial charge in [0.05, 0.1) is 12.2 Å². The van der Waals surface area contributed by atoms with Gasteiger partial charge < -0.3 is 15.3 Å². The van der Waals surface area contributed by atoms with E-state index in [1.165, 1.54) is 0 Å². The van der Waals surface area contributed by atoms with Gasteiger partial charge in [0, 0.05) is 38.9 Å². The second-order valence-electron chi connectivity index (χ2n) is 5.51. The Labute approximate surface area is 126 Å². The highest BCUT2D eigenvalue weighted by atomic mass is 16.3. The van der Waals surface area contributed by atoms with E-state index in [0.717, 1.165) is 49.4 Å². The minimum Gasteiger partial charge on any atom is -0.395 e. The lowest BCUT2D eigenvalue weighted by molar-refractivity contribution is 0.0761. The first kappa shape index (κ1) is 15.8. The van der Waals surface area contributed by atoms with Crippen molar-refractivity contribution in [2.45, 2.75) is 13.3 Å². The van der Waals surface area contributed by atoms with Gasteiger partial charge in [-0.1, -0.05) is 11.6 Å². The van der Waals surface area contributed by atoms with Crippen molar-refractivity contribution in [2.24, 2.45) is 0 Å². The number of hydrogen-bond donors (Lipinski definition) is 2. The Balaban J connectivity index is 2.11. The minimum atomic E-state index is 0.0916. The molecule has 0 radical (unpaired) electrons. The lowest BCUT2D eigenvalue weighted by Gasteiger charge is -2.23. The summed E-state index contributed by atoms with van der Waals surface area (Å²) in [5, 5.41) is 12.1. The molecular formula is C16H25N3O2. The summed E-state index contributed by atoms with van der Waals surface area (Å²) in [7, 11) is 1.84. The predicted octanol–water partition coefficient (Wildman–Crippen LogP) is 1.18. The number of β-amino-alcohol motifs (C(OH)–C–C–N with tert-alkyl or cyclic N) is 1. The van der Waals surface area contributed by atoms with Gasteiger partial charge in [0.1, 0.15) is 0 Å². The molecule has 0 aliphatic carbocycles. The van der Waals surface area contributed by atoms with E-state index in [4.69, 9.17) is 5.11 Å². The highest BCUT2D eigenvalue weighted by Gasteiger charge is 2.21. The van der Waals surface area contributed by atoms with Crippen LogP contribution in [0.2, 0.25) is 0 Å². The standard InChI is InChI=1S/C16H25N3O2/c1-13-4-5-15(17-2)14(12-13)16(21)19-7-3-6-18(8-9-19)10-11-20/h4-5,12,17,20H,3,6-11H2,1-2H3. The molecule has 116 valence electrons. The number of rotatable bonds is 4. The summed E-state index contributed by atoms with van der Waals surface area (Å²) in [6, 6.07) is 5.91. The van der Waals surface area contributed by atoms with Gasteiger partial charge >= 0.3 is 0 Å². The molecule has 1 aliphatic heterocycles. The number of aliphatic hydroxyl groups is 1. The lowest BCUT2D eigenvalue weighted by atomic mass is 10.1. The number of carbonyl (C=O) groups excluding carboxylic acids is 1. The van der Waals surface area contributed by atoms with Crippen molar-refractivity contribution in [3.8, 4) is 0 Å². The molecule has 21 heavy (non-hydrogen) atoms. The Kier molecular flexibility index (Phi) is 5.59. The molecule has 1 aromatic rings. The van der Waals surface area contributed by atoms with Crippen molar-refractivity contribution in [1.82, 2.24) is 9.80 Å². The SMILES string of the molecule is CNc1ccc(C)cc1C(=O)N1CCCN(CCO)CC1. The van der Waals surface area contributed by atoms with Crippen molar-refractivity contribution in [3.05, 3.63) is 29.3 Å². The number of nitrogens with one attached hydrogen (secondary N) is 1. The van der Waals surface area contributed by atoms with E-state index in [1.807, 2.05) is 37.1 Å². The Bertz CT molecular complexity index is 490. The summed E-state index contributed by atoms with van der Waals surface area (Å²) in [5.74, 6) is 0.0916. The number of aryl methyl sites for hydroxylation is 1. The number of nitrogens with zero attached hydrogens (tertiary/aromatic N) is 2. The largest absolute Gasteiger partial charge is 0.395 e. The Morgan fingerprint density at radius 3 is 2.81 bits per heavy atom. The average molecular weight is 291 g/mol. The second-order valence-corrected chi connectivity index (χ2v) is 5.51. The van der Waals surface area contributed by atoms with Gasteiger partial charge in [0.2, 0.25) is 0 Å². The van der Waals surface area contributed by atoms with Crippen LogP contribution in [0.5, 0.6) is 0 Å². The van der Waals surface area contributed by atoms with Crippen LogP contribution in [-0.2, 0) is 0 Å². The van der Waals surface area contributed by atoms with Gasteiger partial charge in [-0.2, -0.15) is 0 Å². The van der Waals surface area contributed by atoms with Gasteiger partial charge in [-0.05, 0) is 32.0 Å². The number of anilines is 1. The first-order valence-corrected chi connectivity index (χ1v) is 7.56. The molecule has 1 heterocycles. The van der Waals surface area contributed by atoms with Crippen LogP contribution in [0.25, 0.3) is 0 Å². The zero-order valence-corrected chi connectivity index (χ0v) is 12.9. The van der Waals surface area contributed by atoms with Gasteiger partial charge in [-0.25, -0.2) is 0 Å². The molecule has 0 spiro atoms.